The minimum atomic E-state index is 0.894. The van der Waals surface area contributed by atoms with E-state index in [2.05, 4.69) is 170 Å². The molecule has 0 fully saturated rings. The summed E-state index contributed by atoms with van der Waals surface area (Å²) in [6.07, 6.45) is 0. The summed E-state index contributed by atoms with van der Waals surface area (Å²) in [5.74, 6) is 0. The minimum Gasteiger partial charge on any atom is -0.455 e. The molecule has 1 heteroatoms. The molecule has 9 rings (SSSR count). The van der Waals surface area contributed by atoms with Crippen LogP contribution >= 0.6 is 0 Å². The highest BCUT2D eigenvalue weighted by atomic mass is 16.3. The summed E-state index contributed by atoms with van der Waals surface area (Å²) in [7, 11) is 0. The Morgan fingerprint density at radius 3 is 1.33 bits per heavy atom. The predicted octanol–water partition coefficient (Wildman–Crippen LogP) is 12.6. The maximum Gasteiger partial charge on any atom is 0.143 e. The third-order valence-electron chi connectivity index (χ3n) is 9.05. The summed E-state index contributed by atoms with van der Waals surface area (Å²) >= 11 is 0. The van der Waals surface area contributed by atoms with Crippen LogP contribution in [0.3, 0.4) is 0 Å². The fraction of sp³-hybridized carbons (Fsp3) is 0. The molecular formula is C44H28O. The Labute approximate surface area is 261 Å². The summed E-state index contributed by atoms with van der Waals surface area (Å²) < 4.78 is 6.67. The summed E-state index contributed by atoms with van der Waals surface area (Å²) in [4.78, 5) is 0. The molecule has 0 amide bonds. The van der Waals surface area contributed by atoms with Crippen molar-refractivity contribution < 1.29 is 4.42 Å². The lowest BCUT2D eigenvalue weighted by atomic mass is 9.85. The van der Waals surface area contributed by atoms with Crippen LogP contribution in [-0.2, 0) is 0 Å². The second-order valence-electron chi connectivity index (χ2n) is 11.7. The maximum atomic E-state index is 6.67. The zero-order valence-corrected chi connectivity index (χ0v) is 24.6. The zero-order chi connectivity index (χ0) is 29.7. The van der Waals surface area contributed by atoms with Gasteiger partial charge >= 0.3 is 0 Å². The molecule has 1 aromatic heterocycles. The first kappa shape index (κ1) is 25.6. The molecule has 0 N–H and O–H groups in total. The minimum absolute atomic E-state index is 0.894. The lowest BCUT2D eigenvalue weighted by Gasteiger charge is -2.17. The monoisotopic (exact) mass is 572 g/mol. The van der Waals surface area contributed by atoms with Gasteiger partial charge < -0.3 is 4.42 Å². The zero-order valence-electron chi connectivity index (χ0n) is 24.6. The van der Waals surface area contributed by atoms with E-state index >= 15 is 0 Å². The van der Waals surface area contributed by atoms with Crippen LogP contribution < -0.4 is 0 Å². The van der Waals surface area contributed by atoms with Crippen LogP contribution in [-0.4, -0.2) is 0 Å². The van der Waals surface area contributed by atoms with Gasteiger partial charge in [-0.2, -0.15) is 0 Å². The average molecular weight is 573 g/mol. The van der Waals surface area contributed by atoms with Crippen molar-refractivity contribution in [1.29, 1.82) is 0 Å². The predicted molar refractivity (Wildman–Crippen MR) is 190 cm³/mol. The maximum absolute atomic E-state index is 6.67. The van der Waals surface area contributed by atoms with Gasteiger partial charge in [-0.1, -0.05) is 146 Å². The largest absolute Gasteiger partial charge is 0.455 e. The van der Waals surface area contributed by atoms with Gasteiger partial charge in [0.25, 0.3) is 0 Å². The Morgan fingerprint density at radius 2 is 0.756 bits per heavy atom. The lowest BCUT2D eigenvalue weighted by Crippen LogP contribution is -1.90. The van der Waals surface area contributed by atoms with E-state index < -0.39 is 0 Å². The second-order valence-corrected chi connectivity index (χ2v) is 11.7. The molecule has 45 heavy (non-hydrogen) atoms. The van der Waals surface area contributed by atoms with Crippen molar-refractivity contribution in [1.82, 2.24) is 0 Å². The van der Waals surface area contributed by atoms with Crippen LogP contribution in [0.25, 0.3) is 88.0 Å². The molecule has 0 aliphatic rings. The summed E-state index contributed by atoms with van der Waals surface area (Å²) in [6.45, 7) is 0. The standard InChI is InChI=1S/C44H28O/c1-4-14-29(15-5-1)33-27-38(30-16-6-2-7-17-30)44-40(28-33)39-26-32(24-25-41(39)45-44)43-36-22-12-10-20-34(36)42(31-18-8-3-9-19-31)35-21-11-13-23-37(35)43/h1-28H. The molecule has 0 aliphatic carbocycles. The fourth-order valence-electron chi connectivity index (χ4n) is 7.02. The van der Waals surface area contributed by atoms with Crippen LogP contribution in [0, 0.1) is 0 Å². The van der Waals surface area contributed by atoms with E-state index in [4.69, 9.17) is 4.42 Å². The average Bonchev–Trinajstić information content (AvgIpc) is 3.49. The van der Waals surface area contributed by atoms with Crippen LogP contribution in [0.2, 0.25) is 0 Å². The van der Waals surface area contributed by atoms with E-state index in [1.165, 1.54) is 54.9 Å². The second kappa shape index (κ2) is 10.4. The molecule has 0 bridgehead atoms. The quantitative estimate of drug-likeness (QED) is 0.191. The van der Waals surface area contributed by atoms with Crippen molar-refractivity contribution in [3.63, 3.8) is 0 Å². The number of fused-ring (bicyclic) bond motifs is 5. The Hall–Kier alpha value is -5.92. The molecule has 1 heterocycles. The van der Waals surface area contributed by atoms with E-state index in [0.29, 0.717) is 0 Å². The van der Waals surface area contributed by atoms with Gasteiger partial charge in [0, 0.05) is 16.3 Å². The van der Waals surface area contributed by atoms with Gasteiger partial charge in [-0.15, -0.1) is 0 Å². The van der Waals surface area contributed by atoms with Crippen molar-refractivity contribution in [3.8, 4) is 44.5 Å². The smallest absolute Gasteiger partial charge is 0.143 e. The Bertz CT molecular complexity index is 2450. The van der Waals surface area contributed by atoms with Crippen molar-refractivity contribution >= 4 is 43.5 Å². The van der Waals surface area contributed by atoms with E-state index in [1.807, 2.05) is 0 Å². The summed E-state index contributed by atoms with van der Waals surface area (Å²) in [5, 5.41) is 7.26. The molecular weight excluding hydrogens is 544 g/mol. The van der Waals surface area contributed by atoms with Gasteiger partial charge in [0.2, 0.25) is 0 Å². The van der Waals surface area contributed by atoms with Gasteiger partial charge in [0.15, 0.2) is 0 Å². The first-order chi connectivity index (χ1) is 22.3. The van der Waals surface area contributed by atoms with Gasteiger partial charge in [-0.25, -0.2) is 0 Å². The summed E-state index contributed by atoms with van der Waals surface area (Å²) in [6, 6.07) is 60.9. The third-order valence-corrected chi connectivity index (χ3v) is 9.05. The first-order valence-corrected chi connectivity index (χ1v) is 15.4. The Balaban J connectivity index is 1.36. The number of rotatable bonds is 4. The lowest BCUT2D eigenvalue weighted by molar-refractivity contribution is 0.670. The number of furan rings is 1. The van der Waals surface area contributed by atoms with Crippen LogP contribution in [0.4, 0.5) is 0 Å². The fourth-order valence-corrected chi connectivity index (χ4v) is 7.02. The molecule has 0 saturated heterocycles. The van der Waals surface area contributed by atoms with E-state index in [1.54, 1.807) is 0 Å². The molecule has 1 nitrogen and oxygen atoms in total. The Kier molecular flexibility index (Phi) is 5.89. The van der Waals surface area contributed by atoms with Crippen LogP contribution in [0.5, 0.6) is 0 Å². The highest BCUT2D eigenvalue weighted by molar-refractivity contribution is 6.22. The topological polar surface area (TPSA) is 13.1 Å². The van der Waals surface area contributed by atoms with Crippen molar-refractivity contribution in [2.45, 2.75) is 0 Å². The van der Waals surface area contributed by atoms with Gasteiger partial charge in [-0.05, 0) is 84.8 Å². The first-order valence-electron chi connectivity index (χ1n) is 15.4. The Morgan fingerprint density at radius 1 is 0.289 bits per heavy atom. The van der Waals surface area contributed by atoms with Gasteiger partial charge in [0.1, 0.15) is 11.2 Å². The number of hydrogen-bond donors (Lipinski definition) is 0. The van der Waals surface area contributed by atoms with Crippen LogP contribution in [0.1, 0.15) is 0 Å². The molecule has 9 aromatic rings. The van der Waals surface area contributed by atoms with Crippen LogP contribution in [0.15, 0.2) is 174 Å². The van der Waals surface area contributed by atoms with E-state index in [0.717, 1.165) is 33.1 Å². The van der Waals surface area contributed by atoms with Crippen molar-refractivity contribution in [3.05, 3.63) is 170 Å². The van der Waals surface area contributed by atoms with E-state index in [-0.39, 0.29) is 0 Å². The number of hydrogen-bond acceptors (Lipinski definition) is 1. The number of benzene rings is 8. The van der Waals surface area contributed by atoms with Crippen molar-refractivity contribution in [2.75, 3.05) is 0 Å². The highest BCUT2D eigenvalue weighted by Gasteiger charge is 2.19. The molecule has 0 saturated carbocycles. The molecule has 0 aliphatic heterocycles. The molecule has 210 valence electrons. The van der Waals surface area contributed by atoms with Gasteiger partial charge in [-0.3, -0.25) is 0 Å². The SMILES string of the molecule is c1ccc(-c2cc(-c3ccccc3)c3oc4ccc(-c5c6ccccc6c(-c6ccccc6)c6ccccc56)cc4c3c2)cc1. The molecule has 0 unspecified atom stereocenters. The normalized spacial score (nSPS) is 11.6. The molecule has 0 atom stereocenters. The molecule has 0 radical (unpaired) electrons. The molecule has 0 spiro atoms. The van der Waals surface area contributed by atoms with Gasteiger partial charge in [0.05, 0.1) is 0 Å². The summed E-state index contributed by atoms with van der Waals surface area (Å²) in [5.41, 5.74) is 11.4. The highest BCUT2D eigenvalue weighted by Crippen LogP contribution is 2.46. The third kappa shape index (κ3) is 4.17. The van der Waals surface area contributed by atoms with E-state index in [9.17, 15) is 0 Å². The molecule has 8 aromatic carbocycles. The van der Waals surface area contributed by atoms with Crippen molar-refractivity contribution in [2.24, 2.45) is 0 Å².